The van der Waals surface area contributed by atoms with Crippen molar-refractivity contribution in [2.75, 3.05) is 26.5 Å². The maximum atomic E-state index is 11.1. The van der Waals surface area contributed by atoms with Crippen LogP contribution in [0.3, 0.4) is 0 Å². The normalized spacial score (nSPS) is 11.6. The number of halogens is 1. The fourth-order valence-electron chi connectivity index (χ4n) is 2.20. The van der Waals surface area contributed by atoms with Crippen molar-refractivity contribution in [1.82, 2.24) is 9.62 Å². The fraction of sp³-hybridized carbons (Fsp3) is 0.286. The first-order chi connectivity index (χ1) is 14.0. The Bertz CT molecular complexity index is 834. The van der Waals surface area contributed by atoms with Crippen molar-refractivity contribution in [3.63, 3.8) is 0 Å². The summed E-state index contributed by atoms with van der Waals surface area (Å²) in [5.74, 6) is 1.12. The Hall–Kier alpha value is -2.09. The Kier molecular flexibility index (Phi) is 11.3. The summed E-state index contributed by atoms with van der Waals surface area (Å²) >= 11 is 9.45. The summed E-state index contributed by atoms with van der Waals surface area (Å²) in [7, 11) is 5.32. The van der Waals surface area contributed by atoms with E-state index in [1.54, 1.807) is 11.3 Å². The van der Waals surface area contributed by atoms with Crippen LogP contribution in [0.2, 0.25) is 5.02 Å². The summed E-state index contributed by atoms with van der Waals surface area (Å²) < 4.78 is 9.82. The number of rotatable bonds is 9. The number of methoxy groups -OCH3 is 1. The van der Waals surface area contributed by atoms with Crippen LogP contribution in [-0.4, -0.2) is 32.4 Å². The van der Waals surface area contributed by atoms with Gasteiger partial charge in [0.1, 0.15) is 23.6 Å². The molecule has 0 spiro atoms. The Morgan fingerprint density at radius 3 is 2.52 bits per heavy atom. The van der Waals surface area contributed by atoms with Gasteiger partial charge in [0.15, 0.2) is 0 Å². The van der Waals surface area contributed by atoms with Crippen LogP contribution in [-0.2, 0) is 9.53 Å². The predicted octanol–water partition coefficient (Wildman–Crippen LogP) is 5.90. The molecule has 0 bridgehead atoms. The third kappa shape index (κ3) is 7.68. The molecular formula is C21H28ClN3O2S2. The average Bonchev–Trinajstić information content (AvgIpc) is 3.22. The number of hydrogen-bond donors (Lipinski definition) is 2. The van der Waals surface area contributed by atoms with Crippen LogP contribution in [0.4, 0.5) is 5.69 Å². The highest BCUT2D eigenvalue weighted by Gasteiger charge is 2.17. The zero-order valence-electron chi connectivity index (χ0n) is 17.6. The standard InChI is InChI=1S/C19H22ClN3O2S2.C2H6/c1-13-7-8-15(14(20)12-13)21-19(23(2)3)18(16(25-4)9-10-24)22-27-17-6-5-11-26-17;1-2/h5-12,21-22H,1-4H3;1-2H3/b16-9+,19-18+;. The number of carbonyl (C=O) groups is 1. The number of nitrogens with one attached hydrogen (secondary N) is 2. The molecule has 0 fully saturated rings. The van der Waals surface area contributed by atoms with Gasteiger partial charge in [-0.15, -0.1) is 11.3 Å². The van der Waals surface area contributed by atoms with Crippen LogP contribution in [0.5, 0.6) is 0 Å². The molecule has 0 radical (unpaired) electrons. The number of thiophene rings is 1. The lowest BCUT2D eigenvalue weighted by Gasteiger charge is -2.25. The molecule has 8 heteroatoms. The van der Waals surface area contributed by atoms with Gasteiger partial charge in [0.2, 0.25) is 0 Å². The van der Waals surface area contributed by atoms with E-state index in [1.807, 2.05) is 75.5 Å². The van der Waals surface area contributed by atoms with Crippen molar-refractivity contribution < 1.29 is 9.53 Å². The molecule has 2 rings (SSSR count). The summed E-state index contributed by atoms with van der Waals surface area (Å²) in [5, 5.41) is 5.95. The van der Waals surface area contributed by atoms with E-state index in [0.717, 1.165) is 15.5 Å². The third-order valence-corrected chi connectivity index (χ3v) is 5.65. The van der Waals surface area contributed by atoms with Gasteiger partial charge < -0.3 is 19.7 Å². The highest BCUT2D eigenvalue weighted by atomic mass is 35.5. The zero-order chi connectivity index (χ0) is 21.8. The molecule has 1 aromatic heterocycles. The molecule has 2 N–H and O–H groups in total. The molecule has 0 unspecified atom stereocenters. The molecule has 0 atom stereocenters. The SMILES string of the molecule is CC.COC(=C/C=O)/C(NSc1cccs1)=C(/Nc1ccc(C)cc1Cl)N(C)C. The molecule has 2 aromatic rings. The van der Waals surface area contributed by atoms with Crippen molar-refractivity contribution in [3.05, 3.63) is 69.7 Å². The quantitative estimate of drug-likeness (QED) is 0.162. The number of hydrogen-bond acceptors (Lipinski definition) is 7. The lowest BCUT2D eigenvalue weighted by atomic mass is 10.2. The largest absolute Gasteiger partial charge is 0.494 e. The van der Waals surface area contributed by atoms with Crippen LogP contribution in [0.15, 0.2) is 63.3 Å². The van der Waals surface area contributed by atoms with Crippen LogP contribution in [0.1, 0.15) is 19.4 Å². The third-order valence-electron chi connectivity index (χ3n) is 3.50. The highest BCUT2D eigenvalue weighted by Crippen LogP contribution is 2.28. The van der Waals surface area contributed by atoms with Gasteiger partial charge >= 0.3 is 0 Å². The van der Waals surface area contributed by atoms with Crippen molar-refractivity contribution in [2.24, 2.45) is 0 Å². The van der Waals surface area contributed by atoms with Gasteiger partial charge in [0, 0.05) is 20.2 Å². The van der Waals surface area contributed by atoms with E-state index in [9.17, 15) is 4.79 Å². The van der Waals surface area contributed by atoms with Gasteiger partial charge in [0.25, 0.3) is 0 Å². The lowest BCUT2D eigenvalue weighted by molar-refractivity contribution is -0.104. The second-order valence-corrected chi connectivity index (χ2v) is 8.20. The topological polar surface area (TPSA) is 53.6 Å². The molecule has 0 saturated heterocycles. The summed E-state index contributed by atoms with van der Waals surface area (Å²) in [6.45, 7) is 5.98. The Labute approximate surface area is 186 Å². The van der Waals surface area contributed by atoms with Crippen LogP contribution < -0.4 is 10.0 Å². The highest BCUT2D eigenvalue weighted by molar-refractivity contribution is 7.99. The van der Waals surface area contributed by atoms with Crippen LogP contribution in [0.25, 0.3) is 0 Å². The minimum Gasteiger partial charge on any atom is -0.494 e. The minimum atomic E-state index is 0.411. The number of ether oxygens (including phenoxy) is 1. The van der Waals surface area contributed by atoms with E-state index >= 15 is 0 Å². The van der Waals surface area contributed by atoms with Crippen molar-refractivity contribution in [3.8, 4) is 0 Å². The molecule has 29 heavy (non-hydrogen) atoms. The van der Waals surface area contributed by atoms with Crippen molar-refractivity contribution >= 4 is 46.9 Å². The number of nitrogens with zero attached hydrogens (tertiary/aromatic N) is 1. The number of carbonyl (C=O) groups excluding carboxylic acids is 1. The van der Waals surface area contributed by atoms with Gasteiger partial charge in [-0.3, -0.25) is 4.79 Å². The zero-order valence-corrected chi connectivity index (χ0v) is 20.0. The van der Waals surface area contributed by atoms with E-state index in [2.05, 4.69) is 10.0 Å². The molecule has 0 saturated carbocycles. The molecule has 5 nitrogen and oxygen atoms in total. The van der Waals surface area contributed by atoms with Gasteiger partial charge in [-0.05, 0) is 48.0 Å². The Morgan fingerprint density at radius 1 is 1.28 bits per heavy atom. The average molecular weight is 454 g/mol. The van der Waals surface area contributed by atoms with E-state index in [1.165, 1.54) is 25.1 Å². The summed E-state index contributed by atoms with van der Waals surface area (Å²) in [5.41, 5.74) is 2.46. The number of allylic oxidation sites excluding steroid dienone is 1. The fourth-order valence-corrected chi connectivity index (χ4v) is 3.96. The number of anilines is 1. The smallest absolute Gasteiger partial charge is 0.149 e. The Balaban J connectivity index is 0.00000204. The van der Waals surface area contributed by atoms with Crippen molar-refractivity contribution in [1.29, 1.82) is 0 Å². The molecule has 0 amide bonds. The molecule has 1 heterocycles. The first kappa shape index (κ1) is 24.9. The van der Waals surface area contributed by atoms with Gasteiger partial charge in [-0.2, -0.15) is 0 Å². The first-order valence-corrected chi connectivity index (χ1v) is 11.1. The van der Waals surface area contributed by atoms with E-state index < -0.39 is 0 Å². The lowest BCUT2D eigenvalue weighted by Crippen LogP contribution is -2.26. The Morgan fingerprint density at radius 2 is 2.00 bits per heavy atom. The summed E-state index contributed by atoms with van der Waals surface area (Å²) in [6, 6.07) is 9.78. The molecule has 0 aliphatic carbocycles. The predicted molar refractivity (Wildman–Crippen MR) is 126 cm³/mol. The monoisotopic (exact) mass is 453 g/mol. The number of aryl methyl sites for hydroxylation is 1. The molecule has 0 aliphatic heterocycles. The van der Waals surface area contributed by atoms with E-state index in [4.69, 9.17) is 16.3 Å². The van der Waals surface area contributed by atoms with Crippen molar-refractivity contribution in [2.45, 2.75) is 25.0 Å². The van der Waals surface area contributed by atoms with Gasteiger partial charge in [-0.25, -0.2) is 0 Å². The maximum absolute atomic E-state index is 11.1. The molecule has 0 aliphatic rings. The number of benzene rings is 1. The molecule has 1 aromatic carbocycles. The number of aldehydes is 1. The van der Waals surface area contributed by atoms with E-state index in [-0.39, 0.29) is 0 Å². The maximum Gasteiger partial charge on any atom is 0.149 e. The second kappa shape index (κ2) is 13.2. The second-order valence-electron chi connectivity index (χ2n) is 5.73. The van der Waals surface area contributed by atoms with Crippen LogP contribution in [0, 0.1) is 6.92 Å². The van der Waals surface area contributed by atoms with E-state index in [0.29, 0.717) is 28.6 Å². The molecular weight excluding hydrogens is 426 g/mol. The van der Waals surface area contributed by atoms with Crippen LogP contribution >= 0.6 is 34.9 Å². The first-order valence-electron chi connectivity index (χ1n) is 9.07. The van der Waals surface area contributed by atoms with Gasteiger partial charge in [0.05, 0.1) is 22.0 Å². The summed E-state index contributed by atoms with van der Waals surface area (Å²) in [4.78, 5) is 13.0. The minimum absolute atomic E-state index is 0.411. The summed E-state index contributed by atoms with van der Waals surface area (Å²) in [6.07, 6.45) is 2.07. The molecule has 158 valence electrons. The van der Waals surface area contributed by atoms with Gasteiger partial charge in [-0.1, -0.05) is 37.6 Å².